The lowest BCUT2D eigenvalue weighted by Crippen LogP contribution is -2.58. The van der Waals surface area contributed by atoms with Crippen LogP contribution in [-0.2, 0) is 4.79 Å². The SMILES string of the molecule is CC(C)(N)C(=O)N1CCN(C(=O)Nc2ccn([C@H]3CC[C@H](CN(CCF)C4CCC(N)CC4)CC3)c(=O)n2)CC1.Cl. The van der Waals surface area contributed by atoms with Crippen LogP contribution < -0.4 is 22.5 Å². The fraction of sp³-hybridized carbons (Fsp3) is 0.786. The molecule has 4 rings (SSSR count). The molecule has 0 radical (unpaired) electrons. The molecule has 11 nitrogen and oxygen atoms in total. The van der Waals surface area contributed by atoms with Crippen molar-refractivity contribution in [2.45, 2.75) is 88.9 Å². The average Bonchev–Trinajstić information content (AvgIpc) is 2.93. The molecule has 13 heteroatoms. The minimum Gasteiger partial charge on any atom is -0.338 e. The highest BCUT2D eigenvalue weighted by atomic mass is 35.5. The van der Waals surface area contributed by atoms with E-state index >= 15 is 0 Å². The first-order chi connectivity index (χ1) is 19.0. The fourth-order valence-corrected chi connectivity index (χ4v) is 6.40. The molecule has 0 bridgehead atoms. The highest BCUT2D eigenvalue weighted by Gasteiger charge is 2.32. The predicted octanol–water partition coefficient (Wildman–Crippen LogP) is 2.35. The zero-order valence-electron chi connectivity index (χ0n) is 24.5. The van der Waals surface area contributed by atoms with Crippen LogP contribution in [0.4, 0.5) is 15.0 Å². The van der Waals surface area contributed by atoms with Crippen LogP contribution in [0.15, 0.2) is 17.1 Å². The predicted molar refractivity (Wildman–Crippen MR) is 160 cm³/mol. The number of alkyl halides is 1. The summed E-state index contributed by atoms with van der Waals surface area (Å²) < 4.78 is 15.0. The van der Waals surface area contributed by atoms with Gasteiger partial charge in [0, 0.05) is 63.6 Å². The number of nitrogens with one attached hydrogen (secondary N) is 1. The molecular weight excluding hydrogens is 551 g/mol. The number of anilines is 1. The summed E-state index contributed by atoms with van der Waals surface area (Å²) in [6.07, 6.45) is 9.55. The van der Waals surface area contributed by atoms with Gasteiger partial charge in [-0.05, 0) is 77.2 Å². The van der Waals surface area contributed by atoms with Crippen LogP contribution in [0.2, 0.25) is 0 Å². The van der Waals surface area contributed by atoms with Gasteiger partial charge in [-0.2, -0.15) is 4.98 Å². The van der Waals surface area contributed by atoms with Crippen LogP contribution in [-0.4, -0.2) is 99.8 Å². The molecule has 1 aliphatic heterocycles. The molecule has 3 amide bonds. The Kier molecular flexibility index (Phi) is 12.0. The zero-order valence-corrected chi connectivity index (χ0v) is 25.3. The van der Waals surface area contributed by atoms with Crippen LogP contribution in [0.3, 0.4) is 0 Å². The number of aromatic nitrogens is 2. The van der Waals surface area contributed by atoms with Gasteiger partial charge in [0.2, 0.25) is 5.91 Å². The summed E-state index contributed by atoms with van der Waals surface area (Å²) in [5, 5.41) is 2.72. The second-order valence-corrected chi connectivity index (χ2v) is 12.4. The van der Waals surface area contributed by atoms with Gasteiger partial charge in [0.1, 0.15) is 12.5 Å². The lowest BCUT2D eigenvalue weighted by molar-refractivity contribution is -0.137. The summed E-state index contributed by atoms with van der Waals surface area (Å²) in [4.78, 5) is 47.7. The number of hydrogen-bond donors (Lipinski definition) is 3. The van der Waals surface area contributed by atoms with E-state index in [0.29, 0.717) is 44.7 Å². The average molecular weight is 599 g/mol. The molecule has 3 aliphatic rings. The number of rotatable bonds is 8. The molecule has 0 aromatic carbocycles. The van der Waals surface area contributed by atoms with Gasteiger partial charge in [-0.3, -0.25) is 19.6 Å². The Labute approximate surface area is 248 Å². The summed E-state index contributed by atoms with van der Waals surface area (Å²) in [6.45, 7) is 5.98. The number of amides is 3. The van der Waals surface area contributed by atoms with Gasteiger partial charge < -0.3 is 21.3 Å². The molecule has 0 unspecified atom stereocenters. The van der Waals surface area contributed by atoms with Gasteiger partial charge in [0.15, 0.2) is 0 Å². The van der Waals surface area contributed by atoms with E-state index in [9.17, 15) is 18.8 Å². The maximum absolute atomic E-state index is 13.3. The number of carbonyl (C=O) groups is 2. The third-order valence-electron chi connectivity index (χ3n) is 8.80. The van der Waals surface area contributed by atoms with Crippen LogP contribution in [0.25, 0.3) is 0 Å². The third kappa shape index (κ3) is 8.86. The fourth-order valence-electron chi connectivity index (χ4n) is 6.40. The van der Waals surface area contributed by atoms with E-state index in [1.807, 2.05) is 0 Å². The first kappa shape index (κ1) is 33.2. The quantitative estimate of drug-likeness (QED) is 0.417. The smallest absolute Gasteiger partial charge is 0.338 e. The second-order valence-electron chi connectivity index (χ2n) is 12.4. The number of urea groups is 1. The standard InChI is InChI=1S/C28H47FN8O3.ClH/c1-28(2,31)25(38)34-15-17-35(18-16-34)26(39)32-24-11-13-37(27(40)33-24)23-7-3-20(4-8-23)19-36(14-12-29)22-9-5-21(30)6-10-22;/h11,13,20-23H,3-10,12,14-19,30-31H2,1-2H3,(H,32,33,39,40);1H/t20-,21?,22?,23-;. The number of nitrogens with zero attached hydrogens (tertiary/aromatic N) is 5. The molecule has 3 fully saturated rings. The first-order valence-corrected chi connectivity index (χ1v) is 14.8. The van der Waals surface area contributed by atoms with Crippen molar-refractivity contribution in [3.8, 4) is 0 Å². The molecule has 1 aromatic rings. The van der Waals surface area contributed by atoms with Crippen molar-refractivity contribution in [3.05, 3.63) is 22.7 Å². The molecule has 232 valence electrons. The molecule has 2 saturated carbocycles. The van der Waals surface area contributed by atoms with Gasteiger partial charge >= 0.3 is 11.7 Å². The van der Waals surface area contributed by atoms with Crippen molar-refractivity contribution in [3.63, 3.8) is 0 Å². The summed E-state index contributed by atoms with van der Waals surface area (Å²) in [6, 6.07) is 2.09. The Hall–Kier alpha value is -2.28. The topological polar surface area (TPSA) is 143 Å². The monoisotopic (exact) mass is 598 g/mol. The Morgan fingerprint density at radius 1 is 1.05 bits per heavy atom. The molecule has 5 N–H and O–H groups in total. The molecule has 0 spiro atoms. The number of halogens is 2. The molecule has 0 atom stereocenters. The van der Waals surface area contributed by atoms with Gasteiger partial charge in [0.05, 0.1) is 5.54 Å². The van der Waals surface area contributed by atoms with Crippen molar-refractivity contribution in [2.24, 2.45) is 17.4 Å². The van der Waals surface area contributed by atoms with E-state index in [1.165, 1.54) is 0 Å². The maximum atomic E-state index is 13.3. The van der Waals surface area contributed by atoms with E-state index < -0.39 is 5.54 Å². The van der Waals surface area contributed by atoms with Crippen molar-refractivity contribution in [1.29, 1.82) is 0 Å². The minimum atomic E-state index is -0.947. The molecular formula is C28H48ClFN8O3. The number of carbonyl (C=O) groups excluding carboxylic acids is 2. The number of hydrogen-bond acceptors (Lipinski definition) is 7. The van der Waals surface area contributed by atoms with E-state index in [4.69, 9.17) is 11.5 Å². The van der Waals surface area contributed by atoms with E-state index in [-0.39, 0.29) is 54.6 Å². The van der Waals surface area contributed by atoms with Crippen molar-refractivity contribution in [1.82, 2.24) is 24.3 Å². The lowest BCUT2D eigenvalue weighted by Gasteiger charge is -2.39. The Morgan fingerprint density at radius 3 is 2.22 bits per heavy atom. The van der Waals surface area contributed by atoms with E-state index in [0.717, 1.165) is 57.9 Å². The zero-order chi connectivity index (χ0) is 28.9. The molecule has 1 saturated heterocycles. The van der Waals surface area contributed by atoms with Gasteiger partial charge in [-0.25, -0.2) is 14.0 Å². The summed E-state index contributed by atoms with van der Waals surface area (Å²) in [5.41, 5.74) is 10.7. The molecule has 1 aromatic heterocycles. The summed E-state index contributed by atoms with van der Waals surface area (Å²) >= 11 is 0. The Bertz CT molecular complexity index is 1060. The molecule has 2 heterocycles. The van der Waals surface area contributed by atoms with Gasteiger partial charge in [0.25, 0.3) is 0 Å². The number of nitrogens with two attached hydrogens (primary N) is 2. The summed E-state index contributed by atoms with van der Waals surface area (Å²) in [5.74, 6) is 0.571. The lowest BCUT2D eigenvalue weighted by atomic mass is 9.84. The van der Waals surface area contributed by atoms with E-state index in [1.54, 1.807) is 40.5 Å². The van der Waals surface area contributed by atoms with E-state index in [2.05, 4.69) is 15.2 Å². The minimum absolute atomic E-state index is 0. The van der Waals surface area contributed by atoms with Gasteiger partial charge in [-0.15, -0.1) is 12.4 Å². The highest BCUT2D eigenvalue weighted by molar-refractivity contribution is 5.89. The third-order valence-corrected chi connectivity index (χ3v) is 8.80. The maximum Gasteiger partial charge on any atom is 0.349 e. The largest absolute Gasteiger partial charge is 0.349 e. The molecule has 2 aliphatic carbocycles. The van der Waals surface area contributed by atoms with Crippen LogP contribution in [0.1, 0.15) is 71.3 Å². The van der Waals surface area contributed by atoms with Crippen molar-refractivity contribution < 1.29 is 14.0 Å². The second kappa shape index (κ2) is 14.8. The van der Waals surface area contributed by atoms with Crippen LogP contribution >= 0.6 is 12.4 Å². The van der Waals surface area contributed by atoms with Crippen molar-refractivity contribution >= 4 is 30.2 Å². The highest BCUT2D eigenvalue weighted by Crippen LogP contribution is 2.33. The molecule has 41 heavy (non-hydrogen) atoms. The normalized spacial score (nSPS) is 25.5. The first-order valence-electron chi connectivity index (χ1n) is 14.8. The summed E-state index contributed by atoms with van der Waals surface area (Å²) in [7, 11) is 0. The Morgan fingerprint density at radius 2 is 1.66 bits per heavy atom. The van der Waals surface area contributed by atoms with Crippen LogP contribution in [0, 0.1) is 5.92 Å². The Balaban J connectivity index is 0.00000462. The van der Waals surface area contributed by atoms with Gasteiger partial charge in [-0.1, -0.05) is 0 Å². The van der Waals surface area contributed by atoms with Crippen LogP contribution in [0.5, 0.6) is 0 Å². The van der Waals surface area contributed by atoms with Crippen molar-refractivity contribution in [2.75, 3.05) is 51.3 Å². The number of piperazine rings is 1.